The molecule has 110 valence electrons. The molecule has 2 aliphatic heterocycles. The minimum absolute atomic E-state index is 0.0428. The van der Waals surface area contributed by atoms with Crippen LogP contribution in [0.2, 0.25) is 0 Å². The van der Waals surface area contributed by atoms with E-state index in [1.54, 1.807) is 0 Å². The Bertz CT molecular complexity index is 448. The molecule has 1 aromatic heterocycles. The molecule has 1 amide bonds. The van der Waals surface area contributed by atoms with Crippen molar-refractivity contribution in [2.75, 3.05) is 13.6 Å². The Morgan fingerprint density at radius 2 is 2.20 bits per heavy atom. The Hall–Kier alpha value is -0.910. The number of rotatable bonds is 4. The molecule has 0 spiro atoms. The number of carbonyl (C=O) groups is 1. The molecule has 3 heterocycles. The van der Waals surface area contributed by atoms with Crippen LogP contribution in [0.25, 0.3) is 0 Å². The number of nitrogens with one attached hydrogen (secondary N) is 1. The number of hydrogen-bond donors (Lipinski definition) is 2. The maximum atomic E-state index is 12.1. The predicted molar refractivity (Wildman–Crippen MR) is 81.6 cm³/mol. The number of amides is 1. The maximum Gasteiger partial charge on any atom is 0.242 e. The average molecular weight is 293 g/mol. The Kier molecular flexibility index (Phi) is 4.10. The summed E-state index contributed by atoms with van der Waals surface area (Å²) >= 11 is 1.54. The molecule has 4 nitrogen and oxygen atoms in total. The third-order valence-electron chi connectivity index (χ3n) is 4.89. The molecule has 2 bridgehead atoms. The Labute approximate surface area is 124 Å². The van der Waals surface area contributed by atoms with Crippen molar-refractivity contribution < 1.29 is 4.79 Å². The lowest BCUT2D eigenvalue weighted by molar-refractivity contribution is -0.122. The van der Waals surface area contributed by atoms with Crippen molar-refractivity contribution in [2.45, 2.75) is 43.8 Å². The van der Waals surface area contributed by atoms with Gasteiger partial charge in [0.1, 0.15) is 6.04 Å². The van der Waals surface area contributed by atoms with Crippen LogP contribution >= 0.6 is 11.3 Å². The third kappa shape index (κ3) is 2.75. The summed E-state index contributed by atoms with van der Waals surface area (Å²) in [5, 5.41) is 5.00. The minimum atomic E-state index is -0.516. The van der Waals surface area contributed by atoms with E-state index in [4.69, 9.17) is 5.73 Å². The molecule has 5 heteroatoms. The van der Waals surface area contributed by atoms with Gasteiger partial charge in [-0.05, 0) is 50.1 Å². The zero-order valence-electron chi connectivity index (χ0n) is 11.9. The van der Waals surface area contributed by atoms with Crippen LogP contribution in [0.4, 0.5) is 0 Å². The van der Waals surface area contributed by atoms with Gasteiger partial charge in [-0.15, -0.1) is 11.3 Å². The topological polar surface area (TPSA) is 58.4 Å². The second-order valence-electron chi connectivity index (χ2n) is 6.13. The second-order valence-corrected chi connectivity index (χ2v) is 7.11. The van der Waals surface area contributed by atoms with Crippen LogP contribution in [0.1, 0.15) is 36.6 Å². The van der Waals surface area contributed by atoms with E-state index in [0.717, 1.165) is 23.5 Å². The Balaban J connectivity index is 1.49. The smallest absolute Gasteiger partial charge is 0.242 e. The summed E-state index contributed by atoms with van der Waals surface area (Å²) in [4.78, 5) is 15.5. The molecular formula is C15H23N3OS. The van der Waals surface area contributed by atoms with Crippen LogP contribution in [0.3, 0.4) is 0 Å². The van der Waals surface area contributed by atoms with Gasteiger partial charge in [-0.2, -0.15) is 0 Å². The van der Waals surface area contributed by atoms with Crippen molar-refractivity contribution in [3.8, 4) is 0 Å². The van der Waals surface area contributed by atoms with Crippen molar-refractivity contribution in [1.29, 1.82) is 0 Å². The van der Waals surface area contributed by atoms with Crippen molar-refractivity contribution in [2.24, 2.45) is 11.7 Å². The molecule has 2 fully saturated rings. The van der Waals surface area contributed by atoms with E-state index in [9.17, 15) is 4.79 Å². The van der Waals surface area contributed by atoms with Gasteiger partial charge in [0, 0.05) is 23.5 Å². The lowest BCUT2D eigenvalue weighted by Gasteiger charge is -2.36. The van der Waals surface area contributed by atoms with Gasteiger partial charge >= 0.3 is 0 Å². The van der Waals surface area contributed by atoms with Gasteiger partial charge in [-0.25, -0.2) is 0 Å². The highest BCUT2D eigenvalue weighted by atomic mass is 32.1. The van der Waals surface area contributed by atoms with Gasteiger partial charge in [-0.1, -0.05) is 6.07 Å². The quantitative estimate of drug-likeness (QED) is 0.889. The molecule has 3 atom stereocenters. The minimum Gasteiger partial charge on any atom is -0.354 e. The van der Waals surface area contributed by atoms with Crippen molar-refractivity contribution >= 4 is 17.2 Å². The first-order chi connectivity index (χ1) is 9.65. The fraction of sp³-hybridized carbons (Fsp3) is 0.667. The first-order valence-corrected chi connectivity index (χ1v) is 8.31. The van der Waals surface area contributed by atoms with Crippen molar-refractivity contribution in [3.05, 3.63) is 22.4 Å². The number of piperidine rings is 1. The van der Waals surface area contributed by atoms with Gasteiger partial charge in [0.05, 0.1) is 0 Å². The van der Waals surface area contributed by atoms with E-state index in [-0.39, 0.29) is 5.91 Å². The molecule has 3 N–H and O–H groups in total. The molecule has 1 aromatic rings. The number of nitrogens with two attached hydrogens (primary N) is 1. The normalized spacial score (nSPS) is 31.2. The van der Waals surface area contributed by atoms with Gasteiger partial charge in [0.2, 0.25) is 5.91 Å². The van der Waals surface area contributed by atoms with E-state index < -0.39 is 6.04 Å². The van der Waals surface area contributed by atoms with E-state index >= 15 is 0 Å². The van der Waals surface area contributed by atoms with Crippen LogP contribution in [-0.4, -0.2) is 36.5 Å². The zero-order valence-corrected chi connectivity index (χ0v) is 12.7. The summed E-state index contributed by atoms with van der Waals surface area (Å²) in [6.45, 7) is 0.777. The van der Waals surface area contributed by atoms with Crippen molar-refractivity contribution in [3.63, 3.8) is 0 Å². The van der Waals surface area contributed by atoms with Crippen molar-refractivity contribution in [1.82, 2.24) is 10.2 Å². The van der Waals surface area contributed by atoms with Crippen LogP contribution < -0.4 is 11.1 Å². The number of carbonyl (C=O) groups excluding carboxylic acids is 1. The molecular weight excluding hydrogens is 270 g/mol. The van der Waals surface area contributed by atoms with E-state index in [2.05, 4.69) is 17.3 Å². The standard InChI is InChI=1S/C15H23N3OS/c1-18-11-4-5-12(18)8-10(7-11)9-17-15(19)14(16)13-3-2-6-20-13/h2-3,6,10-12,14H,4-5,7-9,16H2,1H3,(H,17,19). The first kappa shape index (κ1) is 14.0. The highest BCUT2D eigenvalue weighted by Crippen LogP contribution is 2.37. The van der Waals surface area contributed by atoms with Gasteiger partial charge in [0.25, 0.3) is 0 Å². The molecule has 0 aromatic carbocycles. The molecule has 20 heavy (non-hydrogen) atoms. The zero-order chi connectivity index (χ0) is 14.1. The van der Waals surface area contributed by atoms with Gasteiger partial charge in [0.15, 0.2) is 0 Å². The van der Waals surface area contributed by atoms with Crippen LogP contribution in [-0.2, 0) is 4.79 Å². The summed E-state index contributed by atoms with van der Waals surface area (Å²) in [5.74, 6) is 0.571. The largest absolute Gasteiger partial charge is 0.354 e. The molecule has 3 rings (SSSR count). The molecule has 2 saturated heterocycles. The maximum absolute atomic E-state index is 12.1. The van der Waals surface area contributed by atoms with E-state index in [0.29, 0.717) is 5.92 Å². The average Bonchev–Trinajstić information content (AvgIpc) is 3.03. The Morgan fingerprint density at radius 3 is 2.80 bits per heavy atom. The molecule has 0 aliphatic carbocycles. The van der Waals surface area contributed by atoms with E-state index in [1.807, 2.05) is 17.5 Å². The fourth-order valence-corrected chi connectivity index (χ4v) is 4.37. The van der Waals surface area contributed by atoms with E-state index in [1.165, 1.54) is 37.0 Å². The number of thiophene rings is 1. The Morgan fingerprint density at radius 1 is 1.50 bits per heavy atom. The number of nitrogens with zero attached hydrogens (tertiary/aromatic N) is 1. The molecule has 2 aliphatic rings. The lowest BCUT2D eigenvalue weighted by Crippen LogP contribution is -2.44. The molecule has 3 unspecified atom stereocenters. The summed E-state index contributed by atoms with van der Waals surface area (Å²) in [6, 6.07) is 4.79. The number of hydrogen-bond acceptors (Lipinski definition) is 4. The first-order valence-electron chi connectivity index (χ1n) is 7.43. The summed E-state index contributed by atoms with van der Waals surface area (Å²) in [6.07, 6.45) is 5.06. The predicted octanol–water partition coefficient (Wildman–Crippen LogP) is 1.74. The highest BCUT2D eigenvalue weighted by molar-refractivity contribution is 7.10. The molecule has 0 saturated carbocycles. The highest BCUT2D eigenvalue weighted by Gasteiger charge is 2.38. The fourth-order valence-electron chi connectivity index (χ4n) is 3.64. The van der Waals surface area contributed by atoms with Gasteiger partial charge in [-0.3, -0.25) is 4.79 Å². The van der Waals surface area contributed by atoms with Crippen LogP contribution in [0, 0.1) is 5.92 Å². The SMILES string of the molecule is CN1C2CCC1CC(CNC(=O)C(N)c1cccs1)C2. The second kappa shape index (κ2) is 5.84. The number of fused-ring (bicyclic) bond motifs is 2. The summed E-state index contributed by atoms with van der Waals surface area (Å²) < 4.78 is 0. The van der Waals surface area contributed by atoms with Crippen LogP contribution in [0.15, 0.2) is 17.5 Å². The third-order valence-corrected chi connectivity index (χ3v) is 5.85. The van der Waals surface area contributed by atoms with Crippen LogP contribution in [0.5, 0.6) is 0 Å². The summed E-state index contributed by atoms with van der Waals surface area (Å²) in [5.41, 5.74) is 5.98. The lowest BCUT2D eigenvalue weighted by atomic mass is 9.91. The monoisotopic (exact) mass is 293 g/mol. The molecule has 0 radical (unpaired) electrons. The summed E-state index contributed by atoms with van der Waals surface area (Å²) in [7, 11) is 2.24. The van der Waals surface area contributed by atoms with Gasteiger partial charge < -0.3 is 16.0 Å².